The smallest absolute Gasteiger partial charge is 0.258 e. The molecule has 1 N–H and O–H groups in total. The zero-order valence-electron chi connectivity index (χ0n) is 17.4. The van der Waals surface area contributed by atoms with Crippen LogP contribution in [0.25, 0.3) is 11.1 Å². The molecule has 6 heteroatoms. The normalized spacial score (nSPS) is 16.9. The highest BCUT2D eigenvalue weighted by Gasteiger charge is 2.45. The summed E-state index contributed by atoms with van der Waals surface area (Å²) in [6.45, 7) is 1.97. The van der Waals surface area contributed by atoms with Crippen molar-refractivity contribution < 1.29 is 19.4 Å². The maximum Gasteiger partial charge on any atom is 0.258 e. The number of pyridine rings is 1. The van der Waals surface area contributed by atoms with Crippen LogP contribution in [0.2, 0.25) is 0 Å². The highest BCUT2D eigenvalue weighted by molar-refractivity contribution is 6.08. The van der Waals surface area contributed by atoms with Crippen LogP contribution in [0, 0.1) is 0 Å². The van der Waals surface area contributed by atoms with Gasteiger partial charge in [0.25, 0.3) is 5.91 Å². The van der Waals surface area contributed by atoms with Crippen molar-refractivity contribution in [2.24, 2.45) is 0 Å². The quantitative estimate of drug-likeness (QED) is 0.694. The third-order valence-electron chi connectivity index (χ3n) is 6.39. The van der Waals surface area contributed by atoms with Gasteiger partial charge in [-0.25, -0.2) is 0 Å². The molecule has 1 amide bonds. The first-order chi connectivity index (χ1) is 15.1. The van der Waals surface area contributed by atoms with Crippen molar-refractivity contribution in [1.29, 1.82) is 0 Å². The van der Waals surface area contributed by atoms with E-state index >= 15 is 0 Å². The number of rotatable bonds is 3. The van der Waals surface area contributed by atoms with E-state index in [1.165, 1.54) is 11.6 Å². The molecule has 2 aromatic carbocycles. The Labute approximate surface area is 181 Å². The highest BCUT2D eigenvalue weighted by atomic mass is 16.5. The molecule has 1 fully saturated rings. The van der Waals surface area contributed by atoms with Gasteiger partial charge < -0.3 is 19.5 Å². The van der Waals surface area contributed by atoms with Gasteiger partial charge in [0.1, 0.15) is 11.5 Å². The van der Waals surface area contributed by atoms with Crippen LogP contribution in [0.4, 0.5) is 5.69 Å². The average Bonchev–Trinajstić information content (AvgIpc) is 3.12. The Balaban J connectivity index is 1.59. The first-order valence-corrected chi connectivity index (χ1v) is 10.4. The molecule has 0 bridgehead atoms. The van der Waals surface area contributed by atoms with Crippen molar-refractivity contribution in [3.8, 4) is 22.6 Å². The van der Waals surface area contributed by atoms with Crippen molar-refractivity contribution in [2.75, 3.05) is 31.8 Å². The van der Waals surface area contributed by atoms with E-state index in [4.69, 9.17) is 9.47 Å². The summed E-state index contributed by atoms with van der Waals surface area (Å²) < 4.78 is 11.0. The molecule has 31 heavy (non-hydrogen) atoms. The number of aromatic hydroxyl groups is 1. The van der Waals surface area contributed by atoms with E-state index in [1.807, 2.05) is 29.3 Å². The van der Waals surface area contributed by atoms with Gasteiger partial charge in [-0.05, 0) is 60.4 Å². The lowest BCUT2D eigenvalue weighted by molar-refractivity contribution is 0.0547. The second-order valence-corrected chi connectivity index (χ2v) is 8.18. The van der Waals surface area contributed by atoms with Gasteiger partial charge in [0.15, 0.2) is 0 Å². The lowest BCUT2D eigenvalue weighted by Gasteiger charge is -2.34. The highest BCUT2D eigenvalue weighted by Crippen LogP contribution is 2.48. The number of hydrogen-bond acceptors (Lipinski definition) is 5. The summed E-state index contributed by atoms with van der Waals surface area (Å²) in [6.07, 6.45) is 5.24. The van der Waals surface area contributed by atoms with Crippen LogP contribution in [0.5, 0.6) is 11.5 Å². The van der Waals surface area contributed by atoms with Gasteiger partial charge in [0.05, 0.1) is 13.3 Å². The minimum absolute atomic E-state index is 0.0897. The second-order valence-electron chi connectivity index (χ2n) is 8.18. The largest absolute Gasteiger partial charge is 0.508 e. The molecular weight excluding hydrogens is 392 g/mol. The van der Waals surface area contributed by atoms with Crippen LogP contribution in [-0.2, 0) is 10.2 Å². The Bertz CT molecular complexity index is 1140. The average molecular weight is 416 g/mol. The number of benzene rings is 2. The van der Waals surface area contributed by atoms with Crippen molar-refractivity contribution >= 4 is 11.6 Å². The zero-order chi connectivity index (χ0) is 21.4. The van der Waals surface area contributed by atoms with Gasteiger partial charge in [0.2, 0.25) is 0 Å². The molecule has 158 valence electrons. The summed E-state index contributed by atoms with van der Waals surface area (Å²) >= 11 is 0. The fourth-order valence-corrected chi connectivity index (χ4v) is 4.70. The summed E-state index contributed by atoms with van der Waals surface area (Å²) in [5.74, 6) is 0.697. The van der Waals surface area contributed by atoms with Gasteiger partial charge in [0, 0.05) is 48.2 Å². The molecule has 1 aromatic heterocycles. The Morgan fingerprint density at radius 2 is 1.94 bits per heavy atom. The number of methoxy groups -OCH3 is 1. The van der Waals surface area contributed by atoms with Crippen LogP contribution < -0.4 is 9.64 Å². The number of carbonyl (C=O) groups is 1. The second kappa shape index (κ2) is 7.71. The Hall–Kier alpha value is -3.38. The first kappa shape index (κ1) is 19.6. The van der Waals surface area contributed by atoms with E-state index in [0.717, 1.165) is 29.7 Å². The molecule has 3 heterocycles. The Morgan fingerprint density at radius 1 is 1.10 bits per heavy atom. The number of amides is 1. The molecule has 2 aliphatic heterocycles. The van der Waals surface area contributed by atoms with E-state index in [2.05, 4.69) is 11.1 Å². The molecule has 0 unspecified atom stereocenters. The lowest BCUT2D eigenvalue weighted by Crippen LogP contribution is -2.40. The molecule has 5 rings (SSSR count). The standard InChI is InChI=1S/C25H24N2O4/c1-30-21-12-19(14-26-15-21)17-5-6-23-22(13-17)25(7-9-31-10-8-25)16-27(23)24(29)18-3-2-4-20(28)11-18/h2-6,11-15,28H,7-10,16H2,1H3. The molecule has 1 saturated heterocycles. The van der Waals surface area contributed by atoms with Crippen LogP contribution in [-0.4, -0.2) is 42.9 Å². The van der Waals surface area contributed by atoms with Crippen molar-refractivity contribution in [3.63, 3.8) is 0 Å². The minimum atomic E-state index is -0.137. The van der Waals surface area contributed by atoms with Crippen molar-refractivity contribution in [1.82, 2.24) is 4.98 Å². The van der Waals surface area contributed by atoms with Crippen LogP contribution in [0.3, 0.4) is 0 Å². The maximum absolute atomic E-state index is 13.4. The maximum atomic E-state index is 13.4. The number of phenols is 1. The lowest BCUT2D eigenvalue weighted by atomic mass is 9.75. The number of aromatic nitrogens is 1. The monoisotopic (exact) mass is 416 g/mol. The van der Waals surface area contributed by atoms with Crippen LogP contribution in [0.15, 0.2) is 60.9 Å². The SMILES string of the molecule is COc1cncc(-c2ccc3c(c2)C2(CCOCC2)CN3C(=O)c2cccc(O)c2)c1. The first-order valence-electron chi connectivity index (χ1n) is 10.4. The number of hydrogen-bond donors (Lipinski definition) is 1. The number of ether oxygens (including phenoxy) is 2. The third-order valence-corrected chi connectivity index (χ3v) is 6.39. The molecule has 0 atom stereocenters. The molecule has 2 aliphatic rings. The van der Waals surface area contributed by atoms with Crippen LogP contribution >= 0.6 is 0 Å². The summed E-state index contributed by atoms with van der Waals surface area (Å²) in [4.78, 5) is 19.5. The number of fused-ring (bicyclic) bond motifs is 2. The number of anilines is 1. The fourth-order valence-electron chi connectivity index (χ4n) is 4.70. The van der Waals surface area contributed by atoms with E-state index in [-0.39, 0.29) is 17.1 Å². The Kier molecular flexibility index (Phi) is 4.87. The summed E-state index contributed by atoms with van der Waals surface area (Å²) in [5, 5.41) is 9.84. The predicted octanol–water partition coefficient (Wildman–Crippen LogP) is 4.17. The number of carbonyl (C=O) groups excluding carboxylic acids is 1. The van der Waals surface area contributed by atoms with E-state index in [9.17, 15) is 9.90 Å². The van der Waals surface area contributed by atoms with Crippen molar-refractivity contribution in [3.05, 3.63) is 72.1 Å². The molecule has 6 nitrogen and oxygen atoms in total. The van der Waals surface area contributed by atoms with E-state index in [0.29, 0.717) is 31.1 Å². The van der Waals surface area contributed by atoms with Gasteiger partial charge in [-0.3, -0.25) is 9.78 Å². The predicted molar refractivity (Wildman–Crippen MR) is 118 cm³/mol. The van der Waals surface area contributed by atoms with Gasteiger partial charge in [-0.1, -0.05) is 12.1 Å². The Morgan fingerprint density at radius 3 is 2.71 bits per heavy atom. The van der Waals surface area contributed by atoms with Crippen LogP contribution in [0.1, 0.15) is 28.8 Å². The summed E-state index contributed by atoms with van der Waals surface area (Å²) in [6, 6.07) is 14.7. The molecule has 3 aromatic rings. The number of nitrogens with zero attached hydrogens (tertiary/aromatic N) is 2. The number of phenolic OH excluding ortho intramolecular Hbond substituents is 1. The molecular formula is C25H24N2O4. The molecule has 0 radical (unpaired) electrons. The fraction of sp³-hybridized carbons (Fsp3) is 0.280. The van der Waals surface area contributed by atoms with E-state index in [1.54, 1.807) is 31.5 Å². The zero-order valence-corrected chi connectivity index (χ0v) is 17.4. The summed E-state index contributed by atoms with van der Waals surface area (Å²) in [7, 11) is 1.63. The summed E-state index contributed by atoms with van der Waals surface area (Å²) in [5.41, 5.74) is 4.46. The topological polar surface area (TPSA) is 71.9 Å². The molecule has 0 aliphatic carbocycles. The van der Waals surface area contributed by atoms with Crippen molar-refractivity contribution in [2.45, 2.75) is 18.3 Å². The molecule has 1 spiro atoms. The third kappa shape index (κ3) is 3.43. The van der Waals surface area contributed by atoms with E-state index < -0.39 is 0 Å². The van der Waals surface area contributed by atoms with Gasteiger partial charge >= 0.3 is 0 Å². The minimum Gasteiger partial charge on any atom is -0.508 e. The molecule has 0 saturated carbocycles. The van der Waals surface area contributed by atoms with Gasteiger partial charge in [-0.2, -0.15) is 0 Å². The van der Waals surface area contributed by atoms with Gasteiger partial charge in [-0.15, -0.1) is 0 Å².